The van der Waals surface area contributed by atoms with Crippen molar-refractivity contribution in [2.75, 3.05) is 40.1 Å². The molecule has 1 amide bonds. The van der Waals surface area contributed by atoms with E-state index in [1.165, 1.54) is 0 Å². The van der Waals surface area contributed by atoms with Crippen LogP contribution in [0.15, 0.2) is 24.0 Å². The number of nitrogens with zero attached hydrogens (tertiary/aromatic N) is 2. The van der Waals surface area contributed by atoms with E-state index in [1.807, 2.05) is 12.1 Å². The van der Waals surface area contributed by atoms with Crippen molar-refractivity contribution in [3.63, 3.8) is 0 Å². The highest BCUT2D eigenvalue weighted by molar-refractivity contribution is 5.88. The number of likely N-dealkylation sites (tertiary alicyclic amines) is 1. The minimum atomic E-state index is -2.03. The van der Waals surface area contributed by atoms with Crippen molar-refractivity contribution in [1.82, 2.24) is 9.80 Å². The smallest absolute Gasteiger partial charge is 0.339 e. The zero-order valence-electron chi connectivity index (χ0n) is 25.0. The Labute approximate surface area is 247 Å². The summed E-state index contributed by atoms with van der Waals surface area (Å²) in [6, 6.07) is 4.06. The van der Waals surface area contributed by atoms with Crippen LogP contribution in [0.4, 0.5) is 0 Å². The number of methoxy groups -OCH3 is 1. The van der Waals surface area contributed by atoms with E-state index >= 15 is 0 Å². The Morgan fingerprint density at radius 2 is 1.79 bits per heavy atom. The first-order valence-electron chi connectivity index (χ1n) is 15.4. The van der Waals surface area contributed by atoms with Gasteiger partial charge in [0, 0.05) is 19.6 Å². The van der Waals surface area contributed by atoms with Gasteiger partial charge in [-0.25, -0.2) is 4.79 Å². The number of fused-ring (bicyclic) bond motifs is 3. The molecule has 2 N–H and O–H groups in total. The summed E-state index contributed by atoms with van der Waals surface area (Å²) in [5.74, 6) is 0.585. The van der Waals surface area contributed by atoms with Gasteiger partial charge in [-0.05, 0) is 101 Å². The molecule has 0 saturated carbocycles. The second kappa shape index (κ2) is 11.0. The lowest BCUT2D eigenvalue weighted by Crippen LogP contribution is -2.50. The molecule has 10 heteroatoms. The molecule has 2 saturated heterocycles. The van der Waals surface area contributed by atoms with Crippen molar-refractivity contribution in [2.45, 2.75) is 100 Å². The molecule has 5 aliphatic rings. The average molecular weight is 585 g/mol. The topological polar surface area (TPSA) is 118 Å². The minimum Gasteiger partial charge on any atom is -0.497 e. The molecule has 1 aliphatic carbocycles. The van der Waals surface area contributed by atoms with Gasteiger partial charge in [0.25, 0.3) is 0 Å². The van der Waals surface area contributed by atoms with Gasteiger partial charge in [-0.15, -0.1) is 0 Å². The molecule has 1 spiro atoms. The van der Waals surface area contributed by atoms with Gasteiger partial charge in [0.1, 0.15) is 5.76 Å². The predicted molar refractivity (Wildman–Crippen MR) is 153 cm³/mol. The fraction of sp³-hybridized carbons (Fsp3) is 0.688. The molecule has 230 valence electrons. The molecule has 6 rings (SSSR count). The van der Waals surface area contributed by atoms with E-state index in [9.17, 15) is 19.8 Å². The van der Waals surface area contributed by atoms with Crippen molar-refractivity contribution < 1.29 is 38.7 Å². The number of amides is 1. The van der Waals surface area contributed by atoms with Crippen molar-refractivity contribution in [1.29, 1.82) is 0 Å². The molecule has 0 bridgehead atoms. The van der Waals surface area contributed by atoms with Crippen LogP contribution in [-0.2, 0) is 25.5 Å². The second-order valence-electron chi connectivity index (χ2n) is 13.3. The molecule has 42 heavy (non-hydrogen) atoms. The van der Waals surface area contributed by atoms with E-state index in [-0.39, 0.29) is 31.5 Å². The van der Waals surface area contributed by atoms with Gasteiger partial charge in [-0.3, -0.25) is 9.69 Å². The molecule has 1 aromatic carbocycles. The fourth-order valence-electron chi connectivity index (χ4n) is 7.72. The van der Waals surface area contributed by atoms with Crippen molar-refractivity contribution >= 4 is 11.9 Å². The molecule has 0 unspecified atom stereocenters. The Hall–Kier alpha value is -2.82. The summed E-state index contributed by atoms with van der Waals surface area (Å²) in [5, 5.41) is 22.2. The number of carbonyl (C=O) groups is 2. The average Bonchev–Trinajstić information content (AvgIpc) is 3.73. The lowest BCUT2D eigenvalue weighted by molar-refractivity contribution is -0.177. The maximum absolute atomic E-state index is 14.1. The van der Waals surface area contributed by atoms with E-state index in [4.69, 9.17) is 18.9 Å². The van der Waals surface area contributed by atoms with Gasteiger partial charge >= 0.3 is 5.97 Å². The number of hydrogen-bond acceptors (Lipinski definition) is 9. The summed E-state index contributed by atoms with van der Waals surface area (Å²) < 4.78 is 23.6. The zero-order chi connectivity index (χ0) is 29.7. The van der Waals surface area contributed by atoms with Crippen LogP contribution in [0.5, 0.6) is 11.5 Å². The zero-order valence-corrected chi connectivity index (χ0v) is 25.0. The third-order valence-corrected chi connectivity index (χ3v) is 9.86. The quantitative estimate of drug-likeness (QED) is 0.423. The molecule has 4 aliphatic heterocycles. The fourth-order valence-corrected chi connectivity index (χ4v) is 7.72. The lowest BCUT2D eigenvalue weighted by atomic mass is 9.77. The standard InChI is InChI=1S/C32H44N2O8/c1-30(2,37)9-6-11-32(38,19-26(35)33-12-4-5-13-33)29(36)42-28-25(39-3)18-31-10-7-14-34(31)15-8-21-16-23-24(41-20-40-23)17-22(21)27(28)31/h16-18,27-28,37-38H,4-15,19-20H2,1-3H3/t27-,28-,31+,32-/m1/s1. The third-order valence-electron chi connectivity index (χ3n) is 9.86. The van der Waals surface area contributed by atoms with Gasteiger partial charge in [0.05, 0.1) is 30.6 Å². The summed E-state index contributed by atoms with van der Waals surface area (Å²) in [7, 11) is 1.58. The number of hydrogen-bond donors (Lipinski definition) is 2. The Balaban J connectivity index is 1.33. The molecule has 1 aromatic rings. The molecule has 0 radical (unpaired) electrons. The van der Waals surface area contributed by atoms with Crippen LogP contribution in [0.25, 0.3) is 0 Å². The summed E-state index contributed by atoms with van der Waals surface area (Å²) in [5.41, 5.74) is -1.25. The first-order valence-corrected chi connectivity index (χ1v) is 15.4. The monoisotopic (exact) mass is 584 g/mol. The van der Waals surface area contributed by atoms with Gasteiger partial charge in [-0.1, -0.05) is 0 Å². The maximum Gasteiger partial charge on any atom is 0.339 e. The first kappa shape index (κ1) is 29.3. The summed E-state index contributed by atoms with van der Waals surface area (Å²) in [4.78, 5) is 31.5. The Morgan fingerprint density at radius 3 is 2.50 bits per heavy atom. The Kier molecular flexibility index (Phi) is 7.68. The Bertz CT molecular complexity index is 1250. The van der Waals surface area contributed by atoms with Crippen LogP contribution in [0, 0.1) is 0 Å². The lowest BCUT2D eigenvalue weighted by Gasteiger charge is -2.39. The van der Waals surface area contributed by atoms with Crippen LogP contribution in [0.1, 0.15) is 82.3 Å². The van der Waals surface area contributed by atoms with Crippen LogP contribution in [0.3, 0.4) is 0 Å². The molecular formula is C32H44N2O8. The molecule has 4 heterocycles. The van der Waals surface area contributed by atoms with Gasteiger partial charge in [0.15, 0.2) is 23.2 Å². The SMILES string of the molecule is COC1=C[C@]23CCCN2CCc2cc4c(cc2[C@@H]3[C@@H]1OC(=O)[C@@](O)(CCCC(C)(C)O)CC(=O)N1CCCC1)OCO4. The van der Waals surface area contributed by atoms with Gasteiger partial charge in [-0.2, -0.15) is 0 Å². The number of aliphatic hydroxyl groups is 2. The third kappa shape index (κ3) is 5.26. The summed E-state index contributed by atoms with van der Waals surface area (Å²) >= 11 is 0. The summed E-state index contributed by atoms with van der Waals surface area (Å²) in [6.07, 6.45) is 6.25. The highest BCUT2D eigenvalue weighted by Crippen LogP contribution is 2.55. The largest absolute Gasteiger partial charge is 0.497 e. The first-order chi connectivity index (χ1) is 20.0. The van der Waals surface area contributed by atoms with Gasteiger partial charge in [0.2, 0.25) is 12.7 Å². The molecular weight excluding hydrogens is 540 g/mol. The van der Waals surface area contributed by atoms with Crippen LogP contribution in [0.2, 0.25) is 0 Å². The number of carbonyl (C=O) groups excluding carboxylic acids is 2. The molecule has 4 atom stereocenters. The molecule has 10 nitrogen and oxygen atoms in total. The van der Waals surface area contributed by atoms with Crippen molar-refractivity contribution in [3.8, 4) is 11.5 Å². The van der Waals surface area contributed by atoms with Crippen LogP contribution in [-0.4, -0.2) is 94.8 Å². The molecule has 0 aromatic heterocycles. The van der Waals surface area contributed by atoms with E-state index < -0.39 is 28.8 Å². The van der Waals surface area contributed by atoms with E-state index in [0.717, 1.165) is 62.1 Å². The van der Waals surface area contributed by atoms with E-state index in [0.29, 0.717) is 37.4 Å². The Morgan fingerprint density at radius 1 is 1.05 bits per heavy atom. The van der Waals surface area contributed by atoms with E-state index in [1.54, 1.807) is 25.9 Å². The number of esters is 1. The van der Waals surface area contributed by atoms with Gasteiger partial charge < -0.3 is 34.1 Å². The number of ether oxygens (including phenoxy) is 4. The summed E-state index contributed by atoms with van der Waals surface area (Å²) in [6.45, 7) is 6.58. The maximum atomic E-state index is 14.1. The highest BCUT2D eigenvalue weighted by atomic mass is 16.7. The minimum absolute atomic E-state index is 0.00532. The number of rotatable bonds is 9. The normalized spacial score (nSPS) is 27.9. The predicted octanol–water partition coefficient (Wildman–Crippen LogP) is 3.03. The highest BCUT2D eigenvalue weighted by Gasteiger charge is 2.59. The van der Waals surface area contributed by atoms with Crippen LogP contribution < -0.4 is 9.47 Å². The molecule has 2 fully saturated rings. The van der Waals surface area contributed by atoms with Crippen molar-refractivity contribution in [3.05, 3.63) is 35.1 Å². The van der Waals surface area contributed by atoms with Crippen molar-refractivity contribution in [2.24, 2.45) is 0 Å². The number of benzene rings is 1. The van der Waals surface area contributed by atoms with E-state index in [2.05, 4.69) is 11.0 Å². The van der Waals surface area contributed by atoms with Crippen LogP contribution >= 0.6 is 0 Å². The second-order valence-corrected chi connectivity index (χ2v) is 13.3.